The number of thioether (sulfide) groups is 1. The predicted molar refractivity (Wildman–Crippen MR) is 107 cm³/mol. The number of aromatic nitrogens is 4. The third-order valence-corrected chi connectivity index (χ3v) is 5.95. The molecule has 0 fully saturated rings. The van der Waals surface area contributed by atoms with Crippen LogP contribution in [0.25, 0.3) is 11.1 Å². The Labute approximate surface area is 165 Å². The van der Waals surface area contributed by atoms with Crippen LogP contribution in [0.1, 0.15) is 16.0 Å². The number of nitriles is 1. The van der Waals surface area contributed by atoms with Gasteiger partial charge in [0, 0.05) is 10.6 Å². The maximum atomic E-state index is 9.27. The summed E-state index contributed by atoms with van der Waals surface area (Å²) >= 11 is 3.32. The van der Waals surface area contributed by atoms with Gasteiger partial charge in [-0.15, -0.1) is 16.4 Å². The van der Waals surface area contributed by atoms with E-state index in [1.807, 2.05) is 35.0 Å². The van der Waals surface area contributed by atoms with Gasteiger partial charge >= 0.3 is 0 Å². The van der Waals surface area contributed by atoms with E-state index in [0.717, 1.165) is 22.0 Å². The molecule has 0 aliphatic carbocycles. The summed E-state index contributed by atoms with van der Waals surface area (Å²) in [6.07, 6.45) is 0. The SMILES string of the molecule is N#Cc1ccccc1-c1ccc(CSc2nnnn2Cc2cccs2)cc1. The van der Waals surface area contributed by atoms with Crippen molar-refractivity contribution in [2.45, 2.75) is 17.5 Å². The van der Waals surface area contributed by atoms with Gasteiger partial charge in [0.05, 0.1) is 18.2 Å². The van der Waals surface area contributed by atoms with E-state index in [1.165, 1.54) is 10.4 Å². The van der Waals surface area contributed by atoms with Crippen LogP contribution in [0, 0.1) is 11.3 Å². The fourth-order valence-electron chi connectivity index (χ4n) is 2.71. The molecule has 27 heavy (non-hydrogen) atoms. The van der Waals surface area contributed by atoms with Crippen LogP contribution in [0.3, 0.4) is 0 Å². The molecule has 0 N–H and O–H groups in total. The molecule has 7 heteroatoms. The summed E-state index contributed by atoms with van der Waals surface area (Å²) in [5.41, 5.74) is 3.87. The second-order valence-electron chi connectivity index (χ2n) is 5.84. The van der Waals surface area contributed by atoms with E-state index < -0.39 is 0 Å². The Morgan fingerprint density at radius 1 is 1.04 bits per heavy atom. The summed E-state index contributed by atoms with van der Waals surface area (Å²) in [6.45, 7) is 0.691. The number of benzene rings is 2. The van der Waals surface area contributed by atoms with Gasteiger partial charge in [-0.1, -0.05) is 60.3 Å². The van der Waals surface area contributed by atoms with Gasteiger partial charge in [0.2, 0.25) is 5.16 Å². The zero-order valence-electron chi connectivity index (χ0n) is 14.3. The first-order chi connectivity index (χ1) is 13.3. The van der Waals surface area contributed by atoms with Gasteiger partial charge < -0.3 is 0 Å². The Balaban J connectivity index is 1.44. The molecular weight excluding hydrogens is 374 g/mol. The fraction of sp³-hybridized carbons (Fsp3) is 0.100. The van der Waals surface area contributed by atoms with Crippen molar-refractivity contribution in [1.82, 2.24) is 20.2 Å². The van der Waals surface area contributed by atoms with Gasteiger partial charge in [-0.25, -0.2) is 4.68 Å². The molecule has 0 bridgehead atoms. The summed E-state index contributed by atoms with van der Waals surface area (Å²) in [4.78, 5) is 1.23. The number of hydrogen-bond acceptors (Lipinski definition) is 6. The number of hydrogen-bond donors (Lipinski definition) is 0. The molecule has 0 spiro atoms. The van der Waals surface area contributed by atoms with Crippen LogP contribution >= 0.6 is 23.1 Å². The average Bonchev–Trinajstić information content (AvgIpc) is 3.39. The van der Waals surface area contributed by atoms with Crippen LogP contribution in [0.5, 0.6) is 0 Å². The normalized spacial score (nSPS) is 10.6. The monoisotopic (exact) mass is 389 g/mol. The molecular formula is C20H15N5S2. The van der Waals surface area contributed by atoms with Gasteiger partial charge in [0.15, 0.2) is 0 Å². The molecule has 4 rings (SSSR count). The number of thiophene rings is 1. The van der Waals surface area contributed by atoms with Crippen molar-refractivity contribution in [2.24, 2.45) is 0 Å². The standard InChI is InChI=1S/C20H15N5S2/c21-12-17-4-1-2-6-19(17)16-9-7-15(8-10-16)14-27-20-22-23-24-25(20)13-18-5-3-11-26-18/h1-11H,13-14H2. The van der Waals surface area contributed by atoms with Crippen LogP contribution in [-0.4, -0.2) is 20.2 Å². The van der Waals surface area contributed by atoms with E-state index in [4.69, 9.17) is 0 Å². The topological polar surface area (TPSA) is 67.4 Å². The second kappa shape index (κ2) is 8.16. The van der Waals surface area contributed by atoms with Gasteiger partial charge in [0.25, 0.3) is 0 Å². The molecule has 2 aromatic carbocycles. The van der Waals surface area contributed by atoms with E-state index in [-0.39, 0.29) is 0 Å². The third kappa shape index (κ3) is 4.08. The zero-order valence-corrected chi connectivity index (χ0v) is 16.0. The van der Waals surface area contributed by atoms with Crippen LogP contribution in [-0.2, 0) is 12.3 Å². The van der Waals surface area contributed by atoms with Crippen molar-refractivity contribution in [1.29, 1.82) is 5.26 Å². The highest BCUT2D eigenvalue weighted by molar-refractivity contribution is 7.98. The van der Waals surface area contributed by atoms with Gasteiger partial charge in [0.1, 0.15) is 0 Å². The predicted octanol–water partition coefficient (Wildman–Crippen LogP) is 4.61. The highest BCUT2D eigenvalue weighted by Crippen LogP contribution is 2.26. The largest absolute Gasteiger partial charge is 0.215 e. The fourth-order valence-corrected chi connectivity index (χ4v) is 4.23. The molecule has 0 unspecified atom stereocenters. The summed E-state index contributed by atoms with van der Waals surface area (Å²) in [7, 11) is 0. The van der Waals surface area contributed by atoms with Gasteiger partial charge in [-0.3, -0.25) is 0 Å². The number of nitrogens with zero attached hydrogens (tertiary/aromatic N) is 5. The molecule has 0 saturated heterocycles. The van der Waals surface area contributed by atoms with E-state index in [2.05, 4.69) is 57.3 Å². The molecule has 132 valence electrons. The van der Waals surface area contributed by atoms with Gasteiger partial charge in [-0.2, -0.15) is 5.26 Å². The van der Waals surface area contributed by atoms with E-state index >= 15 is 0 Å². The second-order valence-corrected chi connectivity index (χ2v) is 7.82. The average molecular weight is 390 g/mol. The molecule has 0 saturated carbocycles. The molecule has 2 heterocycles. The third-order valence-electron chi connectivity index (χ3n) is 4.07. The Kier molecular flexibility index (Phi) is 5.28. The summed E-state index contributed by atoms with van der Waals surface area (Å²) in [6, 6.07) is 22.3. The van der Waals surface area contributed by atoms with Crippen LogP contribution < -0.4 is 0 Å². The van der Waals surface area contributed by atoms with Crippen LogP contribution in [0.15, 0.2) is 71.2 Å². The summed E-state index contributed by atoms with van der Waals surface area (Å²) < 4.78 is 1.83. The maximum absolute atomic E-state index is 9.27. The molecule has 0 atom stereocenters. The molecule has 0 amide bonds. The minimum atomic E-state index is 0.687. The smallest absolute Gasteiger partial charge is 0.209 e. The molecule has 4 aromatic rings. The molecule has 5 nitrogen and oxygen atoms in total. The minimum Gasteiger partial charge on any atom is -0.215 e. The number of rotatable bonds is 6. The molecule has 0 aliphatic rings. The van der Waals surface area contributed by atoms with E-state index in [1.54, 1.807) is 23.1 Å². The lowest BCUT2D eigenvalue weighted by Gasteiger charge is -2.06. The quantitative estimate of drug-likeness (QED) is 0.450. The first-order valence-corrected chi connectivity index (χ1v) is 10.2. The summed E-state index contributed by atoms with van der Waals surface area (Å²) in [5.74, 6) is 0.783. The van der Waals surface area contributed by atoms with Crippen LogP contribution in [0.4, 0.5) is 0 Å². The lowest BCUT2D eigenvalue weighted by Crippen LogP contribution is -2.02. The lowest BCUT2D eigenvalue weighted by molar-refractivity contribution is 0.608. The summed E-state index contributed by atoms with van der Waals surface area (Å²) in [5, 5.41) is 24.2. The Morgan fingerprint density at radius 2 is 1.89 bits per heavy atom. The van der Waals surface area contributed by atoms with Crippen molar-refractivity contribution in [3.05, 3.63) is 82.0 Å². The molecule has 0 aliphatic heterocycles. The zero-order chi connectivity index (χ0) is 18.5. The van der Waals surface area contributed by atoms with Crippen molar-refractivity contribution in [2.75, 3.05) is 0 Å². The maximum Gasteiger partial charge on any atom is 0.209 e. The number of tetrazole rings is 1. The Bertz CT molecular complexity index is 1060. The minimum absolute atomic E-state index is 0.687. The molecule has 0 radical (unpaired) electrons. The Morgan fingerprint density at radius 3 is 2.67 bits per heavy atom. The highest BCUT2D eigenvalue weighted by atomic mass is 32.2. The van der Waals surface area contributed by atoms with Crippen molar-refractivity contribution < 1.29 is 0 Å². The van der Waals surface area contributed by atoms with Crippen LogP contribution in [0.2, 0.25) is 0 Å². The van der Waals surface area contributed by atoms with Crippen molar-refractivity contribution >= 4 is 23.1 Å². The first-order valence-electron chi connectivity index (χ1n) is 8.33. The molecule has 2 aromatic heterocycles. The van der Waals surface area contributed by atoms with Gasteiger partial charge in [-0.05, 0) is 44.6 Å². The highest BCUT2D eigenvalue weighted by Gasteiger charge is 2.09. The van der Waals surface area contributed by atoms with E-state index in [0.29, 0.717) is 12.1 Å². The first kappa shape index (κ1) is 17.5. The Hall–Kier alpha value is -2.95. The lowest BCUT2D eigenvalue weighted by atomic mass is 10.00. The van der Waals surface area contributed by atoms with Crippen molar-refractivity contribution in [3.8, 4) is 17.2 Å². The van der Waals surface area contributed by atoms with Crippen molar-refractivity contribution in [3.63, 3.8) is 0 Å². The van der Waals surface area contributed by atoms with E-state index in [9.17, 15) is 5.26 Å².